The number of carboxylic acids is 1. The highest BCUT2D eigenvalue weighted by Gasteiger charge is 2.33. The van der Waals surface area contributed by atoms with Crippen molar-refractivity contribution in [2.45, 2.75) is 39.2 Å². The molecule has 0 bridgehead atoms. The van der Waals surface area contributed by atoms with Crippen LogP contribution in [0, 0.1) is 5.92 Å². The number of piperidine rings is 1. The molecule has 2 heterocycles. The molecule has 0 saturated carbocycles. The van der Waals surface area contributed by atoms with Gasteiger partial charge in [-0.2, -0.15) is 0 Å². The van der Waals surface area contributed by atoms with Crippen LogP contribution in [0.1, 0.15) is 33.6 Å². The predicted molar refractivity (Wildman–Crippen MR) is 80.2 cm³/mol. The third kappa shape index (κ3) is 3.87. The van der Waals surface area contributed by atoms with Crippen LogP contribution in [0.5, 0.6) is 0 Å². The first-order valence-corrected chi connectivity index (χ1v) is 7.81. The predicted octanol–water partition coefficient (Wildman–Crippen LogP) is 1.32. The zero-order valence-corrected chi connectivity index (χ0v) is 13.3. The molecular formula is C15H27N3O3. The van der Waals surface area contributed by atoms with Gasteiger partial charge in [0.05, 0.1) is 5.92 Å². The van der Waals surface area contributed by atoms with Crippen LogP contribution in [0.15, 0.2) is 0 Å². The van der Waals surface area contributed by atoms with E-state index in [4.69, 9.17) is 5.11 Å². The summed E-state index contributed by atoms with van der Waals surface area (Å²) in [4.78, 5) is 29.6. The van der Waals surface area contributed by atoms with Crippen LogP contribution in [-0.4, -0.2) is 76.6 Å². The van der Waals surface area contributed by atoms with Crippen molar-refractivity contribution in [3.05, 3.63) is 0 Å². The van der Waals surface area contributed by atoms with Gasteiger partial charge >= 0.3 is 12.0 Å². The Hall–Kier alpha value is -1.30. The second-order valence-corrected chi connectivity index (χ2v) is 7.05. The Kier molecular flexibility index (Phi) is 4.76. The van der Waals surface area contributed by atoms with Crippen molar-refractivity contribution < 1.29 is 14.7 Å². The summed E-state index contributed by atoms with van der Waals surface area (Å²) < 4.78 is 0. The minimum absolute atomic E-state index is 0.00880. The highest BCUT2D eigenvalue weighted by atomic mass is 16.4. The first-order valence-electron chi connectivity index (χ1n) is 7.81. The van der Waals surface area contributed by atoms with Crippen LogP contribution >= 0.6 is 0 Å². The fourth-order valence-corrected chi connectivity index (χ4v) is 3.12. The van der Waals surface area contributed by atoms with Gasteiger partial charge in [-0.15, -0.1) is 0 Å². The Balaban J connectivity index is 1.88. The molecule has 1 atom stereocenters. The quantitative estimate of drug-likeness (QED) is 0.793. The number of nitrogens with zero attached hydrogens (tertiary/aromatic N) is 3. The average Bonchev–Trinajstić information content (AvgIpc) is 2.46. The summed E-state index contributed by atoms with van der Waals surface area (Å²) >= 11 is 0. The minimum Gasteiger partial charge on any atom is -0.481 e. The minimum atomic E-state index is -0.787. The lowest BCUT2D eigenvalue weighted by Crippen LogP contribution is -2.58. The first-order chi connectivity index (χ1) is 9.79. The molecule has 6 heteroatoms. The zero-order valence-electron chi connectivity index (χ0n) is 13.3. The van der Waals surface area contributed by atoms with E-state index >= 15 is 0 Å². The van der Waals surface area contributed by atoms with Gasteiger partial charge in [0.1, 0.15) is 0 Å². The molecule has 2 fully saturated rings. The molecule has 1 unspecified atom stereocenters. The van der Waals surface area contributed by atoms with Crippen molar-refractivity contribution in [3.63, 3.8) is 0 Å². The van der Waals surface area contributed by atoms with E-state index in [-0.39, 0.29) is 11.6 Å². The van der Waals surface area contributed by atoms with Crippen LogP contribution in [0.25, 0.3) is 0 Å². The number of urea groups is 1. The average molecular weight is 297 g/mol. The topological polar surface area (TPSA) is 64.1 Å². The molecule has 6 nitrogen and oxygen atoms in total. The fourth-order valence-electron chi connectivity index (χ4n) is 3.12. The van der Waals surface area contributed by atoms with E-state index in [0.29, 0.717) is 19.5 Å². The molecule has 0 aromatic rings. The van der Waals surface area contributed by atoms with E-state index in [9.17, 15) is 9.59 Å². The van der Waals surface area contributed by atoms with Gasteiger partial charge in [-0.3, -0.25) is 9.69 Å². The molecule has 2 aliphatic heterocycles. The van der Waals surface area contributed by atoms with E-state index in [1.165, 1.54) is 0 Å². The number of rotatable bonds is 1. The van der Waals surface area contributed by atoms with Gasteiger partial charge in [0.15, 0.2) is 0 Å². The van der Waals surface area contributed by atoms with Gasteiger partial charge in [-0.05, 0) is 33.6 Å². The van der Waals surface area contributed by atoms with Crippen LogP contribution < -0.4 is 0 Å². The molecule has 0 aromatic carbocycles. The van der Waals surface area contributed by atoms with E-state index in [1.54, 1.807) is 4.90 Å². The number of carboxylic acid groups (broad SMARTS) is 1. The van der Waals surface area contributed by atoms with Crippen LogP contribution in [0.4, 0.5) is 4.79 Å². The molecule has 0 aliphatic carbocycles. The zero-order chi connectivity index (χ0) is 15.6. The lowest BCUT2D eigenvalue weighted by atomic mass is 9.98. The van der Waals surface area contributed by atoms with Crippen molar-refractivity contribution in [3.8, 4) is 0 Å². The summed E-state index contributed by atoms with van der Waals surface area (Å²) in [6.45, 7) is 10.8. The number of likely N-dealkylation sites (tertiary alicyclic amines) is 1. The summed E-state index contributed by atoms with van der Waals surface area (Å²) in [5, 5.41) is 9.11. The molecule has 2 amide bonds. The largest absolute Gasteiger partial charge is 0.481 e. The number of aliphatic carboxylic acids is 1. The molecule has 120 valence electrons. The van der Waals surface area contributed by atoms with Gasteiger partial charge in [-0.25, -0.2) is 4.79 Å². The lowest BCUT2D eigenvalue weighted by Gasteiger charge is -2.44. The second-order valence-electron chi connectivity index (χ2n) is 7.05. The van der Waals surface area contributed by atoms with Crippen LogP contribution in [-0.2, 0) is 4.79 Å². The molecule has 21 heavy (non-hydrogen) atoms. The van der Waals surface area contributed by atoms with E-state index < -0.39 is 11.9 Å². The number of amides is 2. The van der Waals surface area contributed by atoms with Crippen molar-refractivity contribution >= 4 is 12.0 Å². The van der Waals surface area contributed by atoms with Gasteiger partial charge < -0.3 is 14.9 Å². The molecule has 2 rings (SSSR count). The molecule has 1 N–H and O–H groups in total. The maximum Gasteiger partial charge on any atom is 0.320 e. The Morgan fingerprint density at radius 1 is 1.00 bits per heavy atom. The molecule has 2 aliphatic rings. The van der Waals surface area contributed by atoms with Crippen molar-refractivity contribution in [2.24, 2.45) is 5.92 Å². The molecule has 0 spiro atoms. The second kappa shape index (κ2) is 6.22. The maximum atomic E-state index is 12.5. The number of piperazine rings is 1. The standard InChI is InChI=1S/C15H27N3O3/c1-15(2,3)18-9-7-16(8-10-18)14(21)17-6-4-5-12(11-17)13(19)20/h12H,4-11H2,1-3H3,(H,19,20). The lowest BCUT2D eigenvalue weighted by molar-refractivity contribution is -0.143. The Morgan fingerprint density at radius 2 is 1.62 bits per heavy atom. The van der Waals surface area contributed by atoms with Crippen molar-refractivity contribution in [1.82, 2.24) is 14.7 Å². The monoisotopic (exact) mass is 297 g/mol. The van der Waals surface area contributed by atoms with E-state index in [1.807, 2.05) is 4.90 Å². The van der Waals surface area contributed by atoms with E-state index in [2.05, 4.69) is 25.7 Å². The number of carbonyl (C=O) groups excluding carboxylic acids is 1. The highest BCUT2D eigenvalue weighted by Crippen LogP contribution is 2.20. The maximum absolute atomic E-state index is 12.5. The molecule has 0 radical (unpaired) electrons. The third-order valence-electron chi connectivity index (χ3n) is 4.54. The number of hydrogen-bond acceptors (Lipinski definition) is 3. The summed E-state index contributed by atoms with van der Waals surface area (Å²) in [5.74, 6) is -1.19. The van der Waals surface area contributed by atoms with Gasteiger partial charge in [-0.1, -0.05) is 0 Å². The molecule has 0 aromatic heterocycles. The van der Waals surface area contributed by atoms with E-state index in [0.717, 1.165) is 32.6 Å². The summed E-state index contributed by atoms with van der Waals surface area (Å²) in [6, 6.07) is 0.00880. The third-order valence-corrected chi connectivity index (χ3v) is 4.54. The van der Waals surface area contributed by atoms with Gasteiger partial charge in [0, 0.05) is 44.8 Å². The van der Waals surface area contributed by atoms with Gasteiger partial charge in [0.2, 0.25) is 0 Å². The summed E-state index contributed by atoms with van der Waals surface area (Å²) in [6.07, 6.45) is 1.46. The van der Waals surface area contributed by atoms with Crippen molar-refractivity contribution in [1.29, 1.82) is 0 Å². The van der Waals surface area contributed by atoms with Gasteiger partial charge in [0.25, 0.3) is 0 Å². The Morgan fingerprint density at radius 3 is 2.14 bits per heavy atom. The molecule has 2 saturated heterocycles. The normalized spacial score (nSPS) is 25.0. The first kappa shape index (κ1) is 16.1. The summed E-state index contributed by atoms with van der Waals surface area (Å²) in [7, 11) is 0. The number of carbonyl (C=O) groups is 2. The summed E-state index contributed by atoms with van der Waals surface area (Å²) in [5.41, 5.74) is 0.134. The van der Waals surface area contributed by atoms with Crippen LogP contribution in [0.3, 0.4) is 0 Å². The van der Waals surface area contributed by atoms with Crippen LogP contribution in [0.2, 0.25) is 0 Å². The smallest absolute Gasteiger partial charge is 0.320 e. The Bertz CT molecular complexity index is 397. The number of hydrogen-bond donors (Lipinski definition) is 1. The fraction of sp³-hybridized carbons (Fsp3) is 0.867. The van der Waals surface area contributed by atoms with Crippen molar-refractivity contribution in [2.75, 3.05) is 39.3 Å². The Labute approximate surface area is 126 Å². The highest BCUT2D eigenvalue weighted by molar-refractivity contribution is 5.76. The SMILES string of the molecule is CC(C)(C)N1CCN(C(=O)N2CCCC(C(=O)O)C2)CC1. The molecular weight excluding hydrogens is 270 g/mol.